The third-order valence-corrected chi connectivity index (χ3v) is 4.22. The summed E-state index contributed by atoms with van der Waals surface area (Å²) in [6, 6.07) is 12.0. The predicted octanol–water partition coefficient (Wildman–Crippen LogP) is 2.84. The molecule has 0 aromatic heterocycles. The lowest BCUT2D eigenvalue weighted by atomic mass is 9.99. The van der Waals surface area contributed by atoms with Crippen molar-refractivity contribution in [2.45, 2.75) is 38.3 Å². The Balaban J connectivity index is 1.96. The minimum absolute atomic E-state index is 0.515. The Bertz CT molecular complexity index is 369. The van der Waals surface area contributed by atoms with E-state index in [1.807, 2.05) is 0 Å². The maximum Gasteiger partial charge on any atom is 0.0473 e. The molecule has 1 fully saturated rings. The first kappa shape index (κ1) is 15.5. The van der Waals surface area contributed by atoms with Gasteiger partial charge in [-0.15, -0.1) is 0 Å². The molecule has 3 nitrogen and oxygen atoms in total. The number of piperazine rings is 1. The van der Waals surface area contributed by atoms with Gasteiger partial charge in [0.2, 0.25) is 0 Å². The van der Waals surface area contributed by atoms with Gasteiger partial charge in [-0.3, -0.25) is 4.90 Å². The normalized spacial score (nSPS) is 23.9. The first-order valence-corrected chi connectivity index (χ1v) is 7.86. The molecule has 1 heterocycles. The third kappa shape index (κ3) is 4.30. The van der Waals surface area contributed by atoms with Crippen LogP contribution < -0.4 is 5.32 Å². The Morgan fingerprint density at radius 2 is 2.05 bits per heavy atom. The number of methoxy groups -OCH3 is 1. The van der Waals surface area contributed by atoms with Crippen LogP contribution in [-0.4, -0.2) is 44.3 Å². The van der Waals surface area contributed by atoms with Crippen LogP contribution in [0.5, 0.6) is 0 Å². The van der Waals surface area contributed by atoms with Gasteiger partial charge in [0.25, 0.3) is 0 Å². The number of unbranched alkanes of at least 4 members (excludes halogenated alkanes) is 1. The Labute approximate surface area is 123 Å². The molecular weight excluding hydrogens is 248 g/mol. The van der Waals surface area contributed by atoms with Crippen LogP contribution in [0.25, 0.3) is 0 Å². The van der Waals surface area contributed by atoms with E-state index in [2.05, 4.69) is 47.5 Å². The zero-order chi connectivity index (χ0) is 14.2. The van der Waals surface area contributed by atoms with Gasteiger partial charge in [0.15, 0.2) is 0 Å². The number of hydrogen-bond donors (Lipinski definition) is 1. The van der Waals surface area contributed by atoms with Crippen LogP contribution in [0, 0.1) is 0 Å². The molecule has 0 saturated carbocycles. The van der Waals surface area contributed by atoms with E-state index in [0.29, 0.717) is 12.1 Å². The number of rotatable bonds is 7. The lowest BCUT2D eigenvalue weighted by molar-refractivity contribution is 0.119. The summed E-state index contributed by atoms with van der Waals surface area (Å²) in [4.78, 5) is 2.65. The van der Waals surface area contributed by atoms with Gasteiger partial charge in [-0.2, -0.15) is 0 Å². The molecule has 0 radical (unpaired) electrons. The summed E-state index contributed by atoms with van der Waals surface area (Å²) in [5.41, 5.74) is 1.43. The Hall–Kier alpha value is -0.900. The summed E-state index contributed by atoms with van der Waals surface area (Å²) in [7, 11) is 1.78. The fraction of sp³-hybridized carbons (Fsp3) is 0.647. The van der Waals surface area contributed by atoms with Gasteiger partial charge >= 0.3 is 0 Å². The quantitative estimate of drug-likeness (QED) is 0.775. The number of benzene rings is 1. The molecule has 0 aliphatic carbocycles. The minimum atomic E-state index is 0.515. The van der Waals surface area contributed by atoms with Gasteiger partial charge in [-0.1, -0.05) is 37.3 Å². The van der Waals surface area contributed by atoms with Crippen LogP contribution in [0.4, 0.5) is 0 Å². The highest BCUT2D eigenvalue weighted by Gasteiger charge is 2.27. The molecule has 2 unspecified atom stereocenters. The molecule has 2 rings (SSSR count). The van der Waals surface area contributed by atoms with Gasteiger partial charge in [-0.25, -0.2) is 0 Å². The Morgan fingerprint density at radius 3 is 2.75 bits per heavy atom. The zero-order valence-electron chi connectivity index (χ0n) is 12.8. The highest BCUT2D eigenvalue weighted by Crippen LogP contribution is 2.24. The van der Waals surface area contributed by atoms with Gasteiger partial charge in [0.1, 0.15) is 0 Å². The van der Waals surface area contributed by atoms with Crippen molar-refractivity contribution >= 4 is 0 Å². The fourth-order valence-electron chi connectivity index (χ4n) is 2.97. The topological polar surface area (TPSA) is 24.5 Å². The number of nitrogens with zero attached hydrogens (tertiary/aromatic N) is 1. The molecule has 1 aliphatic rings. The average molecular weight is 276 g/mol. The molecule has 1 aromatic rings. The highest BCUT2D eigenvalue weighted by atomic mass is 16.5. The van der Waals surface area contributed by atoms with E-state index in [1.165, 1.54) is 24.9 Å². The summed E-state index contributed by atoms with van der Waals surface area (Å²) in [6.45, 7) is 6.53. The molecule has 1 aromatic carbocycles. The third-order valence-electron chi connectivity index (χ3n) is 4.22. The van der Waals surface area contributed by atoms with Crippen LogP contribution in [0.15, 0.2) is 30.3 Å². The van der Waals surface area contributed by atoms with Crippen molar-refractivity contribution in [3.8, 4) is 0 Å². The van der Waals surface area contributed by atoms with E-state index in [-0.39, 0.29) is 0 Å². The molecule has 1 saturated heterocycles. The second kappa shape index (κ2) is 8.40. The first-order valence-electron chi connectivity index (χ1n) is 7.86. The van der Waals surface area contributed by atoms with Crippen LogP contribution >= 0.6 is 0 Å². The number of nitrogens with one attached hydrogen (secondary N) is 1. The van der Waals surface area contributed by atoms with E-state index in [9.17, 15) is 0 Å². The molecule has 0 bridgehead atoms. The molecule has 1 N–H and O–H groups in total. The summed E-state index contributed by atoms with van der Waals surface area (Å²) in [5, 5.41) is 3.68. The minimum Gasteiger partial charge on any atom is -0.385 e. The van der Waals surface area contributed by atoms with Crippen molar-refractivity contribution in [3.05, 3.63) is 35.9 Å². The van der Waals surface area contributed by atoms with Crippen LogP contribution in [0.2, 0.25) is 0 Å². The summed E-state index contributed by atoms with van der Waals surface area (Å²) in [5.74, 6) is 0. The van der Waals surface area contributed by atoms with Crippen molar-refractivity contribution in [1.82, 2.24) is 10.2 Å². The van der Waals surface area contributed by atoms with E-state index >= 15 is 0 Å². The molecule has 0 spiro atoms. The molecular formula is C17H28N2O. The maximum atomic E-state index is 5.15. The van der Waals surface area contributed by atoms with Crippen molar-refractivity contribution in [1.29, 1.82) is 0 Å². The Morgan fingerprint density at radius 1 is 1.25 bits per heavy atom. The summed E-state index contributed by atoms with van der Waals surface area (Å²) in [6.07, 6.45) is 3.57. The number of ether oxygens (including phenoxy) is 1. The summed E-state index contributed by atoms with van der Waals surface area (Å²) >= 11 is 0. The second-order valence-corrected chi connectivity index (χ2v) is 5.63. The molecule has 2 atom stereocenters. The molecule has 3 heteroatoms. The average Bonchev–Trinajstić information content (AvgIpc) is 2.52. The SMILES string of the molecule is CCC1CN(CCCCOC)C(c2ccccc2)CN1. The molecule has 1 aliphatic heterocycles. The zero-order valence-corrected chi connectivity index (χ0v) is 12.8. The molecule has 112 valence electrons. The van der Waals surface area contributed by atoms with E-state index < -0.39 is 0 Å². The van der Waals surface area contributed by atoms with E-state index in [4.69, 9.17) is 4.74 Å². The maximum absolute atomic E-state index is 5.15. The Kier molecular flexibility index (Phi) is 6.51. The van der Waals surface area contributed by atoms with Gasteiger partial charge in [0.05, 0.1) is 0 Å². The molecule has 20 heavy (non-hydrogen) atoms. The monoisotopic (exact) mass is 276 g/mol. The van der Waals surface area contributed by atoms with Gasteiger partial charge in [-0.05, 0) is 31.4 Å². The highest BCUT2D eigenvalue weighted by molar-refractivity contribution is 5.20. The molecule has 0 amide bonds. The van der Waals surface area contributed by atoms with Crippen molar-refractivity contribution in [2.24, 2.45) is 0 Å². The second-order valence-electron chi connectivity index (χ2n) is 5.63. The van der Waals surface area contributed by atoms with Crippen LogP contribution in [0.1, 0.15) is 37.8 Å². The largest absolute Gasteiger partial charge is 0.385 e. The summed E-state index contributed by atoms with van der Waals surface area (Å²) < 4.78 is 5.15. The predicted molar refractivity (Wildman–Crippen MR) is 83.9 cm³/mol. The van der Waals surface area contributed by atoms with Gasteiger partial charge < -0.3 is 10.1 Å². The lowest BCUT2D eigenvalue weighted by Gasteiger charge is -2.40. The van der Waals surface area contributed by atoms with E-state index in [1.54, 1.807) is 7.11 Å². The van der Waals surface area contributed by atoms with E-state index in [0.717, 1.165) is 26.1 Å². The van der Waals surface area contributed by atoms with Crippen molar-refractivity contribution in [2.75, 3.05) is 33.4 Å². The standard InChI is InChI=1S/C17H28N2O/c1-3-16-14-19(11-7-8-12-20-2)17(13-18-16)15-9-5-4-6-10-15/h4-6,9-10,16-18H,3,7-8,11-14H2,1-2H3. The lowest BCUT2D eigenvalue weighted by Crippen LogP contribution is -2.52. The smallest absolute Gasteiger partial charge is 0.0473 e. The fourth-order valence-corrected chi connectivity index (χ4v) is 2.97. The van der Waals surface area contributed by atoms with Crippen molar-refractivity contribution in [3.63, 3.8) is 0 Å². The van der Waals surface area contributed by atoms with Gasteiger partial charge in [0, 0.05) is 38.9 Å². The number of hydrogen-bond acceptors (Lipinski definition) is 3. The van der Waals surface area contributed by atoms with Crippen molar-refractivity contribution < 1.29 is 4.74 Å². The van der Waals surface area contributed by atoms with Crippen LogP contribution in [-0.2, 0) is 4.74 Å². The van der Waals surface area contributed by atoms with Crippen LogP contribution in [0.3, 0.4) is 0 Å². The first-order chi connectivity index (χ1) is 9.85.